The average molecular weight is 253 g/mol. The third kappa shape index (κ3) is 3.50. The lowest BCUT2D eigenvalue weighted by Crippen LogP contribution is -2.34. The van der Waals surface area contributed by atoms with Gasteiger partial charge in [-0.2, -0.15) is 0 Å². The summed E-state index contributed by atoms with van der Waals surface area (Å²) in [4.78, 5) is 7.28. The maximum absolute atomic E-state index is 5.81. The number of hydrogen-bond donors (Lipinski definition) is 1. The van der Waals surface area contributed by atoms with Gasteiger partial charge in [-0.15, -0.1) is 11.3 Å². The van der Waals surface area contributed by atoms with Crippen LogP contribution in [0.15, 0.2) is 5.38 Å². The van der Waals surface area contributed by atoms with Gasteiger partial charge in [0.25, 0.3) is 0 Å². The molecular formula is C13H23N3S. The van der Waals surface area contributed by atoms with Gasteiger partial charge in [0.1, 0.15) is 0 Å². The second-order valence-electron chi connectivity index (χ2n) is 5.09. The number of piperidine rings is 1. The quantitative estimate of drug-likeness (QED) is 0.895. The van der Waals surface area contributed by atoms with Crippen LogP contribution in [0.25, 0.3) is 0 Å². The monoisotopic (exact) mass is 253 g/mol. The van der Waals surface area contributed by atoms with E-state index in [1.54, 1.807) is 0 Å². The zero-order chi connectivity index (χ0) is 12.3. The minimum atomic E-state index is 0.212. The first-order valence-electron chi connectivity index (χ1n) is 6.61. The van der Waals surface area contributed by atoms with Gasteiger partial charge in [0.05, 0.1) is 10.7 Å². The molecule has 2 rings (SSSR count). The van der Waals surface area contributed by atoms with E-state index < -0.39 is 0 Å². The molecule has 1 fully saturated rings. The van der Waals surface area contributed by atoms with E-state index in [2.05, 4.69) is 17.2 Å². The van der Waals surface area contributed by atoms with Crippen LogP contribution < -0.4 is 5.73 Å². The highest BCUT2D eigenvalue weighted by Gasteiger charge is 2.22. The molecule has 1 aliphatic heterocycles. The molecule has 2 N–H and O–H groups in total. The van der Waals surface area contributed by atoms with Crippen LogP contribution in [0.2, 0.25) is 0 Å². The zero-order valence-electron chi connectivity index (χ0n) is 10.9. The molecule has 1 saturated heterocycles. The second kappa shape index (κ2) is 5.94. The molecular weight excluding hydrogens is 230 g/mol. The van der Waals surface area contributed by atoms with Crippen molar-refractivity contribution in [2.24, 2.45) is 5.73 Å². The van der Waals surface area contributed by atoms with Gasteiger partial charge in [-0.1, -0.05) is 6.92 Å². The van der Waals surface area contributed by atoms with Crippen LogP contribution in [0.3, 0.4) is 0 Å². The van der Waals surface area contributed by atoms with Crippen LogP contribution in [-0.2, 0) is 6.42 Å². The second-order valence-corrected chi connectivity index (χ2v) is 5.98. The van der Waals surface area contributed by atoms with E-state index in [9.17, 15) is 0 Å². The molecule has 2 atom stereocenters. The van der Waals surface area contributed by atoms with Crippen molar-refractivity contribution in [1.29, 1.82) is 0 Å². The predicted octanol–water partition coefficient (Wildman–Crippen LogP) is 2.23. The summed E-state index contributed by atoms with van der Waals surface area (Å²) in [6.07, 6.45) is 3.50. The summed E-state index contributed by atoms with van der Waals surface area (Å²) in [5.74, 6) is 0.649. The molecule has 4 heteroatoms. The van der Waals surface area contributed by atoms with Crippen molar-refractivity contribution in [1.82, 2.24) is 9.88 Å². The lowest BCUT2D eigenvalue weighted by atomic mass is 9.99. The van der Waals surface area contributed by atoms with Crippen LogP contribution in [0.5, 0.6) is 0 Å². The van der Waals surface area contributed by atoms with E-state index in [0.29, 0.717) is 5.92 Å². The standard InChI is InChI=1S/C13H23N3S/c1-3-16-6-4-5-11(8-16)13-15-12(9-17-13)7-10(2)14/h9-11H,3-8,14H2,1-2H3. The Morgan fingerprint density at radius 2 is 2.47 bits per heavy atom. The molecule has 96 valence electrons. The summed E-state index contributed by atoms with van der Waals surface area (Å²) < 4.78 is 0. The first-order chi connectivity index (χ1) is 8.19. The van der Waals surface area contributed by atoms with Crippen LogP contribution >= 0.6 is 11.3 Å². The van der Waals surface area contributed by atoms with Crippen molar-refractivity contribution < 1.29 is 0 Å². The summed E-state index contributed by atoms with van der Waals surface area (Å²) in [6.45, 7) is 7.88. The van der Waals surface area contributed by atoms with Crippen molar-refractivity contribution in [2.45, 2.75) is 45.1 Å². The van der Waals surface area contributed by atoms with E-state index in [-0.39, 0.29) is 6.04 Å². The molecule has 1 aliphatic rings. The lowest BCUT2D eigenvalue weighted by Gasteiger charge is -2.30. The lowest BCUT2D eigenvalue weighted by molar-refractivity contribution is 0.217. The van der Waals surface area contributed by atoms with E-state index in [0.717, 1.165) is 13.0 Å². The summed E-state index contributed by atoms with van der Waals surface area (Å²) in [6, 6.07) is 0.212. The number of rotatable bonds is 4. The van der Waals surface area contributed by atoms with Crippen LogP contribution in [0.4, 0.5) is 0 Å². The third-order valence-corrected chi connectivity index (χ3v) is 4.46. The topological polar surface area (TPSA) is 42.2 Å². The fourth-order valence-corrected chi connectivity index (χ4v) is 3.44. The number of likely N-dealkylation sites (N-methyl/N-ethyl adjacent to an activating group) is 1. The van der Waals surface area contributed by atoms with E-state index in [4.69, 9.17) is 10.7 Å². The Kier molecular flexibility index (Phi) is 4.54. The first-order valence-corrected chi connectivity index (χ1v) is 7.49. The molecule has 0 aromatic carbocycles. The number of nitrogens with two attached hydrogens (primary N) is 1. The van der Waals surface area contributed by atoms with Crippen molar-refractivity contribution in [3.05, 3.63) is 16.1 Å². The van der Waals surface area contributed by atoms with Crippen LogP contribution in [-0.4, -0.2) is 35.6 Å². The molecule has 0 saturated carbocycles. The Morgan fingerprint density at radius 1 is 1.65 bits per heavy atom. The van der Waals surface area contributed by atoms with Gasteiger partial charge in [0.15, 0.2) is 0 Å². The summed E-state index contributed by atoms with van der Waals surface area (Å²) >= 11 is 1.82. The normalized spacial score (nSPS) is 23.8. The van der Waals surface area contributed by atoms with Gasteiger partial charge < -0.3 is 10.6 Å². The van der Waals surface area contributed by atoms with Gasteiger partial charge in [0, 0.05) is 30.3 Å². The summed E-state index contributed by atoms with van der Waals surface area (Å²) in [5, 5.41) is 3.50. The maximum atomic E-state index is 5.81. The van der Waals surface area contributed by atoms with Gasteiger partial charge in [-0.05, 0) is 32.9 Å². The van der Waals surface area contributed by atoms with Crippen molar-refractivity contribution in [3.63, 3.8) is 0 Å². The molecule has 1 aromatic heterocycles. The minimum absolute atomic E-state index is 0.212. The van der Waals surface area contributed by atoms with Crippen molar-refractivity contribution >= 4 is 11.3 Å². The van der Waals surface area contributed by atoms with Crippen molar-refractivity contribution in [3.8, 4) is 0 Å². The number of likely N-dealkylation sites (tertiary alicyclic amines) is 1. The maximum Gasteiger partial charge on any atom is 0.0972 e. The highest BCUT2D eigenvalue weighted by atomic mass is 32.1. The molecule has 17 heavy (non-hydrogen) atoms. The smallest absolute Gasteiger partial charge is 0.0972 e. The SMILES string of the molecule is CCN1CCCC(c2nc(CC(C)N)cs2)C1. The molecule has 2 unspecified atom stereocenters. The van der Waals surface area contributed by atoms with Crippen LogP contribution in [0, 0.1) is 0 Å². The third-order valence-electron chi connectivity index (χ3n) is 3.40. The Hall–Kier alpha value is -0.450. The Labute approximate surface area is 108 Å². The summed E-state index contributed by atoms with van der Waals surface area (Å²) in [5.41, 5.74) is 6.99. The number of nitrogens with zero attached hydrogens (tertiary/aromatic N) is 2. The Bertz CT molecular complexity index is 348. The largest absolute Gasteiger partial charge is 0.328 e. The minimum Gasteiger partial charge on any atom is -0.328 e. The van der Waals surface area contributed by atoms with E-state index in [1.807, 2.05) is 18.3 Å². The van der Waals surface area contributed by atoms with Gasteiger partial charge >= 0.3 is 0 Å². The highest BCUT2D eigenvalue weighted by molar-refractivity contribution is 7.09. The van der Waals surface area contributed by atoms with E-state index >= 15 is 0 Å². The molecule has 0 aliphatic carbocycles. The van der Waals surface area contributed by atoms with E-state index in [1.165, 1.54) is 36.6 Å². The fraction of sp³-hybridized carbons (Fsp3) is 0.769. The highest BCUT2D eigenvalue weighted by Crippen LogP contribution is 2.29. The van der Waals surface area contributed by atoms with Crippen molar-refractivity contribution in [2.75, 3.05) is 19.6 Å². The number of hydrogen-bond acceptors (Lipinski definition) is 4. The zero-order valence-corrected chi connectivity index (χ0v) is 11.7. The van der Waals surface area contributed by atoms with Crippen LogP contribution in [0.1, 0.15) is 43.3 Å². The van der Waals surface area contributed by atoms with Gasteiger partial charge in [-0.25, -0.2) is 4.98 Å². The fourth-order valence-electron chi connectivity index (χ4n) is 2.48. The Morgan fingerprint density at radius 3 is 3.18 bits per heavy atom. The molecule has 0 spiro atoms. The molecule has 1 aromatic rings. The number of thiazole rings is 1. The average Bonchev–Trinajstić information content (AvgIpc) is 2.77. The predicted molar refractivity (Wildman–Crippen MR) is 73.6 cm³/mol. The molecule has 0 radical (unpaired) electrons. The molecule has 0 bridgehead atoms. The first kappa shape index (κ1) is 13.0. The Balaban J connectivity index is 1.99. The molecule has 3 nitrogen and oxygen atoms in total. The molecule has 2 heterocycles. The summed E-state index contributed by atoms with van der Waals surface area (Å²) in [7, 11) is 0. The number of aromatic nitrogens is 1. The van der Waals surface area contributed by atoms with Gasteiger partial charge in [-0.3, -0.25) is 0 Å². The molecule has 0 amide bonds. The van der Waals surface area contributed by atoms with Gasteiger partial charge in [0.2, 0.25) is 0 Å².